The van der Waals surface area contributed by atoms with Crippen molar-refractivity contribution >= 4 is 39.2 Å². The Hall–Kier alpha value is -0.680. The maximum atomic E-state index is 13.6. The van der Waals surface area contributed by atoms with Gasteiger partial charge in [0.05, 0.1) is 15.5 Å². The van der Waals surface area contributed by atoms with Crippen molar-refractivity contribution in [1.82, 2.24) is 9.55 Å². The lowest BCUT2D eigenvalue weighted by molar-refractivity contribution is 0.266. The zero-order chi connectivity index (χ0) is 14.3. The van der Waals surface area contributed by atoms with E-state index in [1.165, 1.54) is 31.7 Å². The van der Waals surface area contributed by atoms with Crippen LogP contribution in [0.3, 0.4) is 0 Å². The molecule has 3 rings (SSSR count). The van der Waals surface area contributed by atoms with Crippen LogP contribution in [0.15, 0.2) is 16.6 Å². The molecule has 1 saturated carbocycles. The first-order valence-corrected chi connectivity index (χ1v) is 8.32. The molecule has 0 radical (unpaired) electrons. The van der Waals surface area contributed by atoms with E-state index in [4.69, 9.17) is 12.2 Å². The number of nitrogens with one attached hydrogen (secondary N) is 1. The lowest BCUT2D eigenvalue weighted by atomic mass is 9.83. The van der Waals surface area contributed by atoms with Gasteiger partial charge in [-0.15, -0.1) is 0 Å². The third kappa shape index (κ3) is 2.70. The van der Waals surface area contributed by atoms with Gasteiger partial charge in [-0.25, -0.2) is 4.39 Å². The summed E-state index contributed by atoms with van der Waals surface area (Å²) in [5.74, 6) is 1.28. The molecule has 2 aromatic rings. The molecule has 1 N–H and O–H groups in total. The standard InChI is InChI=1S/C15H18BrFN2S/c1-9-2-4-10(5-3-9)8-19-14-6-11(16)12(17)7-13(14)18-15(19)20/h6-7,9-10H,2-5,8H2,1H3,(H,18,20). The summed E-state index contributed by atoms with van der Waals surface area (Å²) < 4.78 is 16.9. The molecule has 0 bridgehead atoms. The second kappa shape index (κ2) is 5.60. The maximum Gasteiger partial charge on any atom is 0.178 e. The summed E-state index contributed by atoms with van der Waals surface area (Å²) >= 11 is 8.66. The minimum Gasteiger partial charge on any atom is -0.330 e. The molecule has 0 aliphatic heterocycles. The molecule has 1 aromatic heterocycles. The van der Waals surface area contributed by atoms with E-state index in [0.717, 1.165) is 23.5 Å². The van der Waals surface area contributed by atoms with Gasteiger partial charge in [-0.1, -0.05) is 19.8 Å². The van der Waals surface area contributed by atoms with Gasteiger partial charge in [0.25, 0.3) is 0 Å². The Morgan fingerprint density at radius 2 is 2.05 bits per heavy atom. The molecule has 0 unspecified atom stereocenters. The van der Waals surface area contributed by atoms with Crippen LogP contribution >= 0.6 is 28.1 Å². The van der Waals surface area contributed by atoms with E-state index in [0.29, 0.717) is 15.2 Å². The van der Waals surface area contributed by atoms with Crippen molar-refractivity contribution in [2.24, 2.45) is 11.8 Å². The Kier molecular flexibility index (Phi) is 4.00. The highest BCUT2D eigenvalue weighted by Crippen LogP contribution is 2.31. The molecule has 1 aliphatic carbocycles. The van der Waals surface area contributed by atoms with Crippen LogP contribution in [-0.2, 0) is 6.54 Å². The van der Waals surface area contributed by atoms with Gasteiger partial charge in [-0.2, -0.15) is 0 Å². The van der Waals surface area contributed by atoms with Crippen molar-refractivity contribution in [3.8, 4) is 0 Å². The van der Waals surface area contributed by atoms with Crippen LogP contribution in [0.25, 0.3) is 11.0 Å². The Morgan fingerprint density at radius 3 is 2.75 bits per heavy atom. The largest absolute Gasteiger partial charge is 0.330 e. The van der Waals surface area contributed by atoms with Gasteiger partial charge in [0.1, 0.15) is 5.82 Å². The van der Waals surface area contributed by atoms with E-state index in [1.54, 1.807) is 0 Å². The van der Waals surface area contributed by atoms with Gasteiger partial charge in [-0.05, 0) is 58.9 Å². The molecular weight excluding hydrogens is 339 g/mol. The molecule has 0 spiro atoms. The SMILES string of the molecule is CC1CCC(Cn2c(=S)[nH]c3cc(F)c(Br)cc32)CC1. The van der Waals surface area contributed by atoms with Crippen molar-refractivity contribution in [3.05, 3.63) is 27.2 Å². The van der Waals surface area contributed by atoms with Gasteiger partial charge < -0.3 is 9.55 Å². The Balaban J connectivity index is 1.93. The van der Waals surface area contributed by atoms with Gasteiger partial charge in [0.15, 0.2) is 4.77 Å². The highest BCUT2D eigenvalue weighted by atomic mass is 79.9. The van der Waals surface area contributed by atoms with Gasteiger partial charge in [-0.3, -0.25) is 0 Å². The topological polar surface area (TPSA) is 20.7 Å². The molecule has 1 aliphatic rings. The van der Waals surface area contributed by atoms with E-state index in [2.05, 4.69) is 32.4 Å². The quantitative estimate of drug-likeness (QED) is 0.711. The van der Waals surface area contributed by atoms with Crippen LogP contribution in [0.4, 0.5) is 4.39 Å². The maximum absolute atomic E-state index is 13.6. The highest BCUT2D eigenvalue weighted by molar-refractivity contribution is 9.10. The third-order valence-corrected chi connectivity index (χ3v) is 5.32. The Morgan fingerprint density at radius 1 is 1.35 bits per heavy atom. The first-order valence-electron chi connectivity index (χ1n) is 7.12. The number of rotatable bonds is 2. The minimum atomic E-state index is -0.257. The predicted octanol–water partition coefficient (Wildman–Crippen LogP) is 5.43. The number of benzene rings is 1. The molecule has 1 fully saturated rings. The summed E-state index contributed by atoms with van der Waals surface area (Å²) in [4.78, 5) is 3.11. The lowest BCUT2D eigenvalue weighted by Gasteiger charge is -2.26. The van der Waals surface area contributed by atoms with E-state index < -0.39 is 0 Å². The number of hydrogen-bond donors (Lipinski definition) is 1. The Labute approximate surface area is 131 Å². The molecule has 1 heterocycles. The number of imidazole rings is 1. The van der Waals surface area contributed by atoms with Crippen molar-refractivity contribution < 1.29 is 4.39 Å². The van der Waals surface area contributed by atoms with Crippen LogP contribution in [0.5, 0.6) is 0 Å². The number of hydrogen-bond acceptors (Lipinski definition) is 1. The monoisotopic (exact) mass is 356 g/mol. The molecule has 108 valence electrons. The van der Waals surface area contributed by atoms with E-state index >= 15 is 0 Å². The predicted molar refractivity (Wildman–Crippen MR) is 85.9 cm³/mol. The van der Waals surface area contributed by atoms with Crippen molar-refractivity contribution in [2.45, 2.75) is 39.2 Å². The summed E-state index contributed by atoms with van der Waals surface area (Å²) in [7, 11) is 0. The zero-order valence-electron chi connectivity index (χ0n) is 11.5. The Bertz CT molecular complexity index is 683. The molecule has 5 heteroatoms. The number of H-pyrrole nitrogens is 1. The number of nitrogens with zero attached hydrogens (tertiary/aromatic N) is 1. The molecule has 20 heavy (non-hydrogen) atoms. The fourth-order valence-electron chi connectivity index (χ4n) is 3.10. The smallest absolute Gasteiger partial charge is 0.178 e. The summed E-state index contributed by atoms with van der Waals surface area (Å²) in [5, 5.41) is 0. The van der Waals surface area contributed by atoms with Crippen LogP contribution in [0, 0.1) is 22.4 Å². The summed E-state index contributed by atoms with van der Waals surface area (Å²) in [6.45, 7) is 3.26. The van der Waals surface area contributed by atoms with Crippen molar-refractivity contribution in [1.29, 1.82) is 0 Å². The molecule has 2 nitrogen and oxygen atoms in total. The minimum absolute atomic E-state index is 0.257. The average molecular weight is 357 g/mol. The second-order valence-corrected chi connectivity index (χ2v) is 7.19. The molecule has 0 amide bonds. The zero-order valence-corrected chi connectivity index (χ0v) is 13.9. The number of fused-ring (bicyclic) bond motifs is 1. The molecule has 0 saturated heterocycles. The first-order chi connectivity index (χ1) is 9.54. The lowest BCUT2D eigenvalue weighted by Crippen LogP contribution is -2.17. The first kappa shape index (κ1) is 14.3. The summed E-state index contributed by atoms with van der Waals surface area (Å²) in [6.07, 6.45) is 5.13. The van der Waals surface area contributed by atoms with Crippen LogP contribution < -0.4 is 0 Å². The number of aromatic nitrogens is 2. The van der Waals surface area contributed by atoms with E-state index in [9.17, 15) is 4.39 Å². The van der Waals surface area contributed by atoms with Crippen LogP contribution in [-0.4, -0.2) is 9.55 Å². The summed E-state index contributed by atoms with van der Waals surface area (Å²) in [6, 6.07) is 3.33. The summed E-state index contributed by atoms with van der Waals surface area (Å²) in [5.41, 5.74) is 1.77. The van der Waals surface area contributed by atoms with Crippen LogP contribution in [0.2, 0.25) is 0 Å². The third-order valence-electron chi connectivity index (χ3n) is 4.39. The molecule has 1 aromatic carbocycles. The molecular formula is C15H18BrFN2S. The number of halogens is 2. The second-order valence-electron chi connectivity index (χ2n) is 5.95. The molecule has 0 atom stereocenters. The fourth-order valence-corrected chi connectivity index (χ4v) is 3.72. The normalized spacial score (nSPS) is 23.4. The van der Waals surface area contributed by atoms with Crippen LogP contribution in [0.1, 0.15) is 32.6 Å². The highest BCUT2D eigenvalue weighted by Gasteiger charge is 2.20. The fraction of sp³-hybridized carbons (Fsp3) is 0.533. The van der Waals surface area contributed by atoms with Crippen molar-refractivity contribution in [3.63, 3.8) is 0 Å². The van der Waals surface area contributed by atoms with Gasteiger partial charge >= 0.3 is 0 Å². The van der Waals surface area contributed by atoms with Gasteiger partial charge in [0, 0.05) is 12.6 Å². The number of aromatic amines is 1. The van der Waals surface area contributed by atoms with Gasteiger partial charge in [0.2, 0.25) is 0 Å². The average Bonchev–Trinajstić information content (AvgIpc) is 2.69. The van der Waals surface area contributed by atoms with Crippen molar-refractivity contribution in [2.75, 3.05) is 0 Å². The van der Waals surface area contributed by atoms with E-state index in [-0.39, 0.29) is 5.82 Å². The van der Waals surface area contributed by atoms with E-state index in [1.807, 2.05) is 6.07 Å².